The van der Waals surface area contributed by atoms with Crippen LogP contribution in [-0.4, -0.2) is 29.9 Å². The lowest BCUT2D eigenvalue weighted by Gasteiger charge is -2.25. The summed E-state index contributed by atoms with van der Waals surface area (Å²) < 4.78 is 0. The Morgan fingerprint density at radius 2 is 2.35 bits per heavy atom. The number of fused-ring (bicyclic) bond motifs is 1. The fourth-order valence-corrected chi connectivity index (χ4v) is 4.59. The first kappa shape index (κ1) is 16.7. The first-order valence-electron chi connectivity index (χ1n) is 8.82. The van der Waals surface area contributed by atoms with E-state index in [2.05, 4.69) is 32.2 Å². The fourth-order valence-electron chi connectivity index (χ4n) is 3.20. The van der Waals surface area contributed by atoms with Crippen LogP contribution in [0.3, 0.4) is 0 Å². The molecular formula is C19H28N2OS. The molecule has 1 aromatic heterocycles. The topological polar surface area (TPSA) is 32.3 Å². The number of amides is 1. The molecule has 126 valence electrons. The number of carbonyl (C=O) groups is 1. The summed E-state index contributed by atoms with van der Waals surface area (Å²) in [5, 5.41) is 3.40. The molecule has 0 saturated carbocycles. The third-order valence-corrected chi connectivity index (χ3v) is 6.84. The maximum atomic E-state index is 12.4. The molecule has 1 aromatic rings. The van der Waals surface area contributed by atoms with Crippen LogP contribution in [0.2, 0.25) is 0 Å². The van der Waals surface area contributed by atoms with E-state index in [9.17, 15) is 4.79 Å². The first-order valence-corrected chi connectivity index (χ1v) is 9.64. The van der Waals surface area contributed by atoms with Crippen molar-refractivity contribution in [2.24, 2.45) is 0 Å². The molecule has 3 heterocycles. The van der Waals surface area contributed by atoms with E-state index in [0.717, 1.165) is 38.9 Å². The second-order valence-corrected chi connectivity index (χ2v) is 8.51. The summed E-state index contributed by atoms with van der Waals surface area (Å²) in [4.78, 5) is 17.3. The molecule has 3 rings (SSSR count). The molecule has 0 bridgehead atoms. The van der Waals surface area contributed by atoms with E-state index in [-0.39, 0.29) is 11.3 Å². The van der Waals surface area contributed by atoms with Crippen molar-refractivity contribution in [1.29, 1.82) is 0 Å². The van der Waals surface area contributed by atoms with E-state index in [0.29, 0.717) is 6.04 Å². The van der Waals surface area contributed by atoms with Crippen LogP contribution in [0.1, 0.15) is 55.4 Å². The standard InChI is InChI=1S/C19H28N2OS/c1-4-19(2,3)17-12-14-9-11-21(13-16(14)23-17)18(22)8-7-15-6-5-10-20-15/h7-8,12,15,20H,4-6,9-11,13H2,1-3H3/b8-7+. The second-order valence-electron chi connectivity index (χ2n) is 7.37. The minimum Gasteiger partial charge on any atom is -0.334 e. The highest BCUT2D eigenvalue weighted by molar-refractivity contribution is 7.12. The summed E-state index contributed by atoms with van der Waals surface area (Å²) in [5.41, 5.74) is 1.70. The van der Waals surface area contributed by atoms with Gasteiger partial charge in [-0.25, -0.2) is 0 Å². The number of carbonyl (C=O) groups excluding carboxylic acids is 1. The van der Waals surface area contributed by atoms with Gasteiger partial charge in [-0.1, -0.05) is 26.8 Å². The Hall–Kier alpha value is -1.13. The summed E-state index contributed by atoms with van der Waals surface area (Å²) in [5.74, 6) is 0.161. The molecule has 4 heteroatoms. The molecule has 1 N–H and O–H groups in total. The Labute approximate surface area is 143 Å². The third-order valence-electron chi connectivity index (χ3n) is 5.31. The number of thiophene rings is 1. The van der Waals surface area contributed by atoms with Gasteiger partial charge in [0.05, 0.1) is 6.54 Å². The van der Waals surface area contributed by atoms with E-state index < -0.39 is 0 Å². The lowest BCUT2D eigenvalue weighted by atomic mass is 9.88. The molecule has 0 spiro atoms. The van der Waals surface area contributed by atoms with Crippen LogP contribution in [0.5, 0.6) is 0 Å². The van der Waals surface area contributed by atoms with Crippen molar-refractivity contribution in [3.8, 4) is 0 Å². The first-order chi connectivity index (χ1) is 11.0. The molecule has 23 heavy (non-hydrogen) atoms. The Kier molecular flexibility index (Phi) is 4.93. The van der Waals surface area contributed by atoms with Crippen molar-refractivity contribution in [3.63, 3.8) is 0 Å². The van der Waals surface area contributed by atoms with Crippen molar-refractivity contribution in [2.75, 3.05) is 13.1 Å². The number of nitrogens with one attached hydrogen (secondary N) is 1. The van der Waals surface area contributed by atoms with E-state index in [1.54, 1.807) is 6.08 Å². The molecule has 2 aliphatic heterocycles. The van der Waals surface area contributed by atoms with Gasteiger partial charge in [-0.15, -0.1) is 11.3 Å². The number of hydrogen-bond acceptors (Lipinski definition) is 3. The van der Waals surface area contributed by atoms with Gasteiger partial charge < -0.3 is 10.2 Å². The van der Waals surface area contributed by atoms with Crippen molar-refractivity contribution in [2.45, 2.75) is 64.5 Å². The van der Waals surface area contributed by atoms with E-state index in [4.69, 9.17) is 0 Å². The molecule has 1 fully saturated rings. The molecule has 2 aliphatic rings. The highest BCUT2D eigenvalue weighted by Crippen LogP contribution is 2.37. The van der Waals surface area contributed by atoms with Crippen LogP contribution >= 0.6 is 11.3 Å². The van der Waals surface area contributed by atoms with Crippen LogP contribution < -0.4 is 5.32 Å². The molecule has 0 aromatic carbocycles. The monoisotopic (exact) mass is 332 g/mol. The predicted molar refractivity (Wildman–Crippen MR) is 96.9 cm³/mol. The summed E-state index contributed by atoms with van der Waals surface area (Å²) in [6, 6.07) is 2.77. The molecule has 1 atom stereocenters. The van der Waals surface area contributed by atoms with Crippen molar-refractivity contribution in [1.82, 2.24) is 10.2 Å². The van der Waals surface area contributed by atoms with Gasteiger partial charge in [0, 0.05) is 28.4 Å². The number of nitrogens with zero attached hydrogens (tertiary/aromatic N) is 1. The molecule has 1 unspecified atom stereocenters. The SMILES string of the molecule is CCC(C)(C)c1cc2c(s1)CN(C(=O)/C=C/C1CCCN1)CC2. The zero-order valence-electron chi connectivity index (χ0n) is 14.5. The zero-order chi connectivity index (χ0) is 16.4. The van der Waals surface area contributed by atoms with Crippen LogP contribution in [-0.2, 0) is 23.2 Å². The Bertz CT molecular complexity index is 597. The maximum absolute atomic E-state index is 12.4. The predicted octanol–water partition coefficient (Wildman–Crippen LogP) is 3.63. The Balaban J connectivity index is 1.66. The summed E-state index contributed by atoms with van der Waals surface area (Å²) in [6.07, 6.45) is 8.32. The van der Waals surface area contributed by atoms with Crippen LogP contribution in [0.25, 0.3) is 0 Å². The van der Waals surface area contributed by atoms with Crippen molar-refractivity contribution >= 4 is 17.2 Å². The van der Waals surface area contributed by atoms with Crippen LogP contribution in [0, 0.1) is 0 Å². The quantitative estimate of drug-likeness (QED) is 0.854. The summed E-state index contributed by atoms with van der Waals surface area (Å²) in [7, 11) is 0. The molecular weight excluding hydrogens is 304 g/mol. The van der Waals surface area contributed by atoms with Gasteiger partial charge in [0.25, 0.3) is 0 Å². The normalized spacial score (nSPS) is 21.9. The van der Waals surface area contributed by atoms with Gasteiger partial charge in [-0.05, 0) is 49.3 Å². The van der Waals surface area contributed by atoms with Gasteiger partial charge >= 0.3 is 0 Å². The molecule has 0 aliphatic carbocycles. The van der Waals surface area contributed by atoms with Crippen molar-refractivity contribution < 1.29 is 4.79 Å². The molecule has 1 amide bonds. The molecule has 3 nitrogen and oxygen atoms in total. The van der Waals surface area contributed by atoms with E-state index >= 15 is 0 Å². The van der Waals surface area contributed by atoms with Crippen molar-refractivity contribution in [3.05, 3.63) is 33.5 Å². The maximum Gasteiger partial charge on any atom is 0.246 e. The smallest absolute Gasteiger partial charge is 0.246 e. The van der Waals surface area contributed by atoms with Gasteiger partial charge in [0.15, 0.2) is 0 Å². The average Bonchev–Trinajstić information content (AvgIpc) is 3.21. The lowest BCUT2D eigenvalue weighted by Crippen LogP contribution is -2.34. The van der Waals surface area contributed by atoms with Gasteiger partial charge in [-0.3, -0.25) is 4.79 Å². The lowest BCUT2D eigenvalue weighted by molar-refractivity contribution is -0.126. The minimum atomic E-state index is 0.161. The zero-order valence-corrected chi connectivity index (χ0v) is 15.3. The largest absolute Gasteiger partial charge is 0.334 e. The van der Waals surface area contributed by atoms with E-state index in [1.807, 2.05) is 22.3 Å². The number of rotatable bonds is 4. The third kappa shape index (κ3) is 3.69. The van der Waals surface area contributed by atoms with Crippen LogP contribution in [0.4, 0.5) is 0 Å². The molecule has 0 radical (unpaired) electrons. The van der Waals surface area contributed by atoms with Gasteiger partial charge in [0.1, 0.15) is 0 Å². The highest BCUT2D eigenvalue weighted by Gasteiger charge is 2.26. The highest BCUT2D eigenvalue weighted by atomic mass is 32.1. The molecule has 1 saturated heterocycles. The fraction of sp³-hybridized carbons (Fsp3) is 0.632. The van der Waals surface area contributed by atoms with Gasteiger partial charge in [-0.2, -0.15) is 0 Å². The minimum absolute atomic E-state index is 0.161. The summed E-state index contributed by atoms with van der Waals surface area (Å²) in [6.45, 7) is 9.56. The van der Waals surface area contributed by atoms with Crippen LogP contribution in [0.15, 0.2) is 18.2 Å². The van der Waals surface area contributed by atoms with E-state index in [1.165, 1.54) is 21.7 Å². The number of hydrogen-bond donors (Lipinski definition) is 1. The Morgan fingerprint density at radius 3 is 3.04 bits per heavy atom. The van der Waals surface area contributed by atoms with Gasteiger partial charge in [0.2, 0.25) is 5.91 Å². The average molecular weight is 333 g/mol. The second kappa shape index (κ2) is 6.78. The Morgan fingerprint density at radius 1 is 1.52 bits per heavy atom. The summed E-state index contributed by atoms with van der Waals surface area (Å²) >= 11 is 1.90.